The van der Waals surface area contributed by atoms with Crippen LogP contribution in [-0.2, 0) is 6.42 Å². The minimum Gasteiger partial charge on any atom is -0.316 e. The largest absolute Gasteiger partial charge is 0.316 e. The van der Waals surface area contributed by atoms with E-state index < -0.39 is 0 Å². The highest BCUT2D eigenvalue weighted by atomic mass is 35.5. The van der Waals surface area contributed by atoms with E-state index in [2.05, 4.69) is 19.3 Å². The molecule has 1 aliphatic rings. The summed E-state index contributed by atoms with van der Waals surface area (Å²) < 4.78 is 0. The molecule has 0 heterocycles. The van der Waals surface area contributed by atoms with Crippen molar-refractivity contribution < 1.29 is 0 Å². The minimum atomic E-state index is 0.503. The van der Waals surface area contributed by atoms with Gasteiger partial charge in [0.2, 0.25) is 0 Å². The molecule has 3 heteroatoms. The summed E-state index contributed by atoms with van der Waals surface area (Å²) in [6.45, 7) is 2.31. The van der Waals surface area contributed by atoms with Crippen molar-refractivity contribution in [1.82, 2.24) is 5.32 Å². The monoisotopic (exact) mass is 313 g/mol. The van der Waals surface area contributed by atoms with E-state index in [0.717, 1.165) is 33.9 Å². The first-order valence-electron chi connectivity index (χ1n) is 7.75. The van der Waals surface area contributed by atoms with Gasteiger partial charge < -0.3 is 5.32 Å². The summed E-state index contributed by atoms with van der Waals surface area (Å²) >= 11 is 12.4. The summed E-state index contributed by atoms with van der Waals surface area (Å²) in [5.41, 5.74) is 1.16. The van der Waals surface area contributed by atoms with E-state index in [1.807, 2.05) is 18.2 Å². The second-order valence-corrected chi connectivity index (χ2v) is 6.87. The van der Waals surface area contributed by atoms with Crippen LogP contribution in [0.15, 0.2) is 18.2 Å². The van der Waals surface area contributed by atoms with Crippen LogP contribution in [0.1, 0.15) is 44.6 Å². The van der Waals surface area contributed by atoms with E-state index in [1.165, 1.54) is 32.1 Å². The number of hydrogen-bond donors (Lipinski definition) is 1. The van der Waals surface area contributed by atoms with E-state index in [1.54, 1.807) is 0 Å². The Morgan fingerprint density at radius 2 is 1.90 bits per heavy atom. The van der Waals surface area contributed by atoms with Crippen LogP contribution in [0.4, 0.5) is 0 Å². The molecule has 0 bridgehead atoms. The maximum absolute atomic E-state index is 6.30. The molecule has 1 unspecified atom stereocenters. The van der Waals surface area contributed by atoms with Crippen LogP contribution < -0.4 is 5.32 Å². The molecule has 0 aliphatic heterocycles. The average molecular weight is 314 g/mol. The van der Waals surface area contributed by atoms with E-state index >= 15 is 0 Å². The zero-order valence-electron chi connectivity index (χ0n) is 12.5. The SMILES string of the molecule is CCC1CCC(C(Cc2cc(Cl)ccc2Cl)NC)CC1. The van der Waals surface area contributed by atoms with Crippen molar-refractivity contribution >= 4 is 23.2 Å². The summed E-state index contributed by atoms with van der Waals surface area (Å²) in [5.74, 6) is 1.70. The summed E-state index contributed by atoms with van der Waals surface area (Å²) in [7, 11) is 2.06. The highest BCUT2D eigenvalue weighted by molar-refractivity contribution is 6.33. The van der Waals surface area contributed by atoms with Crippen LogP contribution in [-0.4, -0.2) is 13.1 Å². The van der Waals surface area contributed by atoms with Gasteiger partial charge in [-0.25, -0.2) is 0 Å². The van der Waals surface area contributed by atoms with Crippen molar-refractivity contribution in [3.8, 4) is 0 Å². The fourth-order valence-electron chi connectivity index (χ4n) is 3.44. The van der Waals surface area contributed by atoms with Crippen LogP contribution >= 0.6 is 23.2 Å². The van der Waals surface area contributed by atoms with E-state index in [-0.39, 0.29) is 0 Å². The average Bonchev–Trinajstić information content (AvgIpc) is 2.48. The van der Waals surface area contributed by atoms with Crippen LogP contribution in [0, 0.1) is 11.8 Å². The lowest BCUT2D eigenvalue weighted by atomic mass is 9.76. The number of nitrogens with one attached hydrogen (secondary N) is 1. The lowest BCUT2D eigenvalue weighted by Gasteiger charge is -2.33. The number of halogens is 2. The molecule has 1 aliphatic carbocycles. The van der Waals surface area contributed by atoms with Crippen molar-refractivity contribution in [3.63, 3.8) is 0 Å². The Hall–Kier alpha value is -0.240. The van der Waals surface area contributed by atoms with Crippen LogP contribution in [0.25, 0.3) is 0 Å². The van der Waals surface area contributed by atoms with Crippen molar-refractivity contribution in [2.45, 2.75) is 51.5 Å². The normalized spacial score (nSPS) is 24.6. The van der Waals surface area contributed by atoms with Gasteiger partial charge in [0.1, 0.15) is 0 Å². The number of benzene rings is 1. The van der Waals surface area contributed by atoms with Gasteiger partial charge in [-0.3, -0.25) is 0 Å². The molecule has 1 N–H and O–H groups in total. The van der Waals surface area contributed by atoms with Gasteiger partial charge in [-0.15, -0.1) is 0 Å². The molecule has 2 rings (SSSR count). The van der Waals surface area contributed by atoms with Crippen LogP contribution in [0.5, 0.6) is 0 Å². The Morgan fingerprint density at radius 3 is 2.50 bits per heavy atom. The quantitative estimate of drug-likeness (QED) is 0.773. The highest BCUT2D eigenvalue weighted by Crippen LogP contribution is 2.34. The maximum atomic E-state index is 6.30. The van der Waals surface area contributed by atoms with Gasteiger partial charge in [-0.2, -0.15) is 0 Å². The Labute approximate surface area is 133 Å². The van der Waals surface area contributed by atoms with Crippen molar-refractivity contribution in [2.24, 2.45) is 11.8 Å². The van der Waals surface area contributed by atoms with Gasteiger partial charge in [0.05, 0.1) is 0 Å². The second kappa shape index (κ2) is 7.68. The molecule has 1 saturated carbocycles. The van der Waals surface area contributed by atoms with E-state index in [9.17, 15) is 0 Å². The highest BCUT2D eigenvalue weighted by Gasteiger charge is 2.26. The third-order valence-electron chi connectivity index (χ3n) is 4.86. The third-order valence-corrected chi connectivity index (χ3v) is 5.46. The molecule has 1 aromatic rings. The molecule has 0 spiro atoms. The van der Waals surface area contributed by atoms with Crippen molar-refractivity contribution in [3.05, 3.63) is 33.8 Å². The fraction of sp³-hybridized carbons (Fsp3) is 0.647. The van der Waals surface area contributed by atoms with Gasteiger partial charge in [-0.05, 0) is 61.9 Å². The zero-order valence-corrected chi connectivity index (χ0v) is 14.0. The molecule has 0 aromatic heterocycles. The molecule has 1 aromatic carbocycles. The molecule has 112 valence electrons. The molecule has 1 fully saturated rings. The Kier molecular flexibility index (Phi) is 6.20. The summed E-state index contributed by atoms with van der Waals surface area (Å²) in [6, 6.07) is 6.27. The first kappa shape index (κ1) is 16.1. The first-order chi connectivity index (χ1) is 9.63. The smallest absolute Gasteiger partial charge is 0.0439 e. The molecule has 20 heavy (non-hydrogen) atoms. The van der Waals surface area contributed by atoms with E-state index in [4.69, 9.17) is 23.2 Å². The zero-order chi connectivity index (χ0) is 14.5. The second-order valence-electron chi connectivity index (χ2n) is 6.02. The van der Waals surface area contributed by atoms with Gasteiger partial charge in [0, 0.05) is 16.1 Å². The molecule has 1 nitrogen and oxygen atoms in total. The Balaban J connectivity index is 2.00. The summed E-state index contributed by atoms with van der Waals surface area (Å²) in [5, 5.41) is 5.10. The Bertz CT molecular complexity index is 425. The Morgan fingerprint density at radius 1 is 1.20 bits per heavy atom. The molecular formula is C17H25Cl2N. The first-order valence-corrected chi connectivity index (χ1v) is 8.50. The van der Waals surface area contributed by atoms with Gasteiger partial charge in [0.15, 0.2) is 0 Å². The number of rotatable bonds is 5. The molecule has 0 radical (unpaired) electrons. The topological polar surface area (TPSA) is 12.0 Å². The summed E-state index contributed by atoms with van der Waals surface area (Å²) in [4.78, 5) is 0. The number of likely N-dealkylation sites (N-methyl/N-ethyl adjacent to an activating group) is 1. The number of hydrogen-bond acceptors (Lipinski definition) is 1. The molecule has 0 saturated heterocycles. The predicted octanol–water partition coefficient (Wildman–Crippen LogP) is 5.34. The standard InChI is InChI=1S/C17H25Cl2N/c1-3-12-4-6-13(7-5-12)17(20-2)11-14-10-15(18)8-9-16(14)19/h8-10,12-13,17,20H,3-7,11H2,1-2H3. The molecule has 0 amide bonds. The van der Waals surface area contributed by atoms with Crippen molar-refractivity contribution in [2.75, 3.05) is 7.05 Å². The summed E-state index contributed by atoms with van der Waals surface area (Å²) in [6.07, 6.45) is 7.73. The molecule has 1 atom stereocenters. The predicted molar refractivity (Wildman–Crippen MR) is 88.8 cm³/mol. The van der Waals surface area contributed by atoms with Gasteiger partial charge in [0.25, 0.3) is 0 Å². The lowest BCUT2D eigenvalue weighted by Crippen LogP contribution is -2.37. The van der Waals surface area contributed by atoms with Gasteiger partial charge >= 0.3 is 0 Å². The fourth-order valence-corrected chi connectivity index (χ4v) is 3.83. The maximum Gasteiger partial charge on any atom is 0.0439 e. The van der Waals surface area contributed by atoms with Crippen molar-refractivity contribution in [1.29, 1.82) is 0 Å². The molecular weight excluding hydrogens is 289 g/mol. The van der Waals surface area contributed by atoms with Crippen LogP contribution in [0.2, 0.25) is 10.0 Å². The lowest BCUT2D eigenvalue weighted by molar-refractivity contribution is 0.222. The van der Waals surface area contributed by atoms with Crippen LogP contribution in [0.3, 0.4) is 0 Å². The minimum absolute atomic E-state index is 0.503. The van der Waals surface area contributed by atoms with E-state index in [0.29, 0.717) is 6.04 Å². The third kappa shape index (κ3) is 4.13. The van der Waals surface area contributed by atoms with Gasteiger partial charge in [-0.1, -0.05) is 49.4 Å².